The van der Waals surface area contributed by atoms with Gasteiger partial charge in [-0.2, -0.15) is 0 Å². The molecule has 0 fully saturated rings. The Balaban J connectivity index is 3.97. The van der Waals surface area contributed by atoms with Crippen LogP contribution in [0, 0.1) is 0 Å². The molecular formula is C10H20N2O6S. The maximum absolute atomic E-state index is 11.2. The number of rotatable bonds is 10. The highest BCUT2D eigenvalue weighted by molar-refractivity contribution is 7.75. The molecule has 0 rings (SSSR count). The lowest BCUT2D eigenvalue weighted by molar-refractivity contribution is -0.143. The van der Waals surface area contributed by atoms with E-state index in [0.29, 0.717) is 19.6 Å². The number of carbonyl (C=O) groups excluding carboxylic acids is 1. The fraction of sp³-hybridized carbons (Fsp3) is 0.800. The minimum absolute atomic E-state index is 0.216. The quantitative estimate of drug-likeness (QED) is 0.186. The molecule has 0 aliphatic heterocycles. The van der Waals surface area contributed by atoms with Crippen LogP contribution < -0.4 is 5.32 Å². The molecule has 0 aromatic carbocycles. The molecule has 0 amide bonds. The maximum atomic E-state index is 11.2. The van der Waals surface area contributed by atoms with Crippen molar-refractivity contribution < 1.29 is 29.1 Å². The minimum Gasteiger partial charge on any atom is -0.481 e. The van der Waals surface area contributed by atoms with Crippen molar-refractivity contribution in [1.82, 2.24) is 10.2 Å². The van der Waals surface area contributed by atoms with E-state index in [2.05, 4.69) is 22.4 Å². The van der Waals surface area contributed by atoms with Crippen molar-refractivity contribution in [2.75, 3.05) is 26.7 Å². The largest absolute Gasteiger partial charge is 0.481 e. The van der Waals surface area contributed by atoms with Crippen LogP contribution in [0.4, 0.5) is 0 Å². The van der Waals surface area contributed by atoms with Gasteiger partial charge in [-0.1, -0.05) is 0 Å². The molecule has 0 aliphatic rings. The van der Waals surface area contributed by atoms with Gasteiger partial charge in [0.25, 0.3) is 0 Å². The number of nitrogens with zero attached hydrogens (tertiary/aromatic N) is 1. The van der Waals surface area contributed by atoms with Gasteiger partial charge in [-0.15, -0.1) is 0 Å². The number of thiol groups is 1. The molecule has 9 heteroatoms. The van der Waals surface area contributed by atoms with Crippen molar-refractivity contribution in [3.8, 4) is 0 Å². The van der Waals surface area contributed by atoms with Crippen molar-refractivity contribution in [3.63, 3.8) is 0 Å². The molecule has 112 valence electrons. The minimum atomic E-state index is -1.35. The van der Waals surface area contributed by atoms with E-state index < -0.39 is 30.7 Å². The lowest BCUT2D eigenvalue weighted by Gasteiger charge is -2.19. The highest BCUT2D eigenvalue weighted by Crippen LogP contribution is 1.98. The summed E-state index contributed by atoms with van der Waals surface area (Å²) in [7, 11) is 1.77. The Hall–Kier alpha value is -0.870. The molecule has 19 heavy (non-hydrogen) atoms. The number of aliphatic hydroxyl groups is 2. The summed E-state index contributed by atoms with van der Waals surface area (Å²) in [5.74, 6) is -1.87. The van der Waals surface area contributed by atoms with Crippen LogP contribution in [-0.4, -0.2) is 71.2 Å². The van der Waals surface area contributed by atoms with Crippen LogP contribution in [-0.2, 0) is 13.8 Å². The van der Waals surface area contributed by atoms with E-state index in [1.807, 2.05) is 4.90 Å². The lowest BCUT2D eigenvalue weighted by atomic mass is 10.2. The van der Waals surface area contributed by atoms with Crippen LogP contribution in [0.5, 0.6) is 0 Å². The molecule has 1 atom stereocenters. The van der Waals surface area contributed by atoms with Gasteiger partial charge < -0.3 is 29.7 Å². The van der Waals surface area contributed by atoms with Crippen molar-refractivity contribution in [2.24, 2.45) is 0 Å². The van der Waals surface area contributed by atoms with Crippen LogP contribution in [0.25, 0.3) is 0 Å². The lowest BCUT2D eigenvalue weighted by Crippen LogP contribution is -2.42. The average molecular weight is 296 g/mol. The first kappa shape index (κ1) is 18.1. The van der Waals surface area contributed by atoms with Gasteiger partial charge in [0, 0.05) is 39.0 Å². The molecule has 0 saturated carbocycles. The van der Waals surface area contributed by atoms with Gasteiger partial charge in [-0.3, -0.25) is 4.79 Å². The number of carbonyl (C=O) groups is 2. The van der Waals surface area contributed by atoms with Gasteiger partial charge in [0.1, 0.15) is 6.04 Å². The topological polar surface area (TPSA) is 119 Å². The smallest absolute Gasteiger partial charge is 0.335 e. The number of hydrogen-bond acceptors (Lipinski definition) is 8. The van der Waals surface area contributed by atoms with Gasteiger partial charge in [-0.05, 0) is 7.05 Å². The highest BCUT2D eigenvalue weighted by atomic mass is 32.1. The van der Waals surface area contributed by atoms with Gasteiger partial charge in [0.2, 0.25) is 0 Å². The number of nitrogens with one attached hydrogen (secondary N) is 1. The Morgan fingerprint density at radius 3 is 2.47 bits per heavy atom. The molecule has 0 saturated heterocycles. The zero-order valence-electron chi connectivity index (χ0n) is 10.7. The Morgan fingerprint density at radius 1 is 1.37 bits per heavy atom. The zero-order chi connectivity index (χ0) is 14.8. The Morgan fingerprint density at radius 2 is 2.00 bits per heavy atom. The number of likely N-dealkylation sites (N-methyl/N-ethyl adjacent to an activating group) is 1. The summed E-state index contributed by atoms with van der Waals surface area (Å²) in [4.78, 5) is 23.6. The van der Waals surface area contributed by atoms with Crippen LogP contribution in [0.1, 0.15) is 12.8 Å². The second-order valence-electron chi connectivity index (χ2n) is 4.09. The number of aliphatic carboxylic acids is 1. The third-order valence-electron chi connectivity index (χ3n) is 2.41. The average Bonchev–Trinajstić information content (AvgIpc) is 2.33. The van der Waals surface area contributed by atoms with Crippen molar-refractivity contribution in [2.45, 2.75) is 25.2 Å². The second kappa shape index (κ2) is 9.98. The van der Waals surface area contributed by atoms with Gasteiger partial charge in [0.05, 0.1) is 6.42 Å². The number of hydrogen-bond donors (Lipinski definition) is 5. The predicted octanol–water partition coefficient (Wildman–Crippen LogP) is -1.56. The monoisotopic (exact) mass is 296 g/mol. The van der Waals surface area contributed by atoms with Gasteiger partial charge in [-0.25, -0.2) is 4.79 Å². The van der Waals surface area contributed by atoms with Crippen LogP contribution in [0.15, 0.2) is 0 Å². The molecule has 1 unspecified atom stereocenters. The molecule has 0 bridgehead atoms. The number of aliphatic hydroxyl groups excluding tert-OH is 1. The predicted molar refractivity (Wildman–Crippen MR) is 69.5 cm³/mol. The summed E-state index contributed by atoms with van der Waals surface area (Å²) >= 11 is 3.35. The number of carboxylic acids is 1. The fourth-order valence-corrected chi connectivity index (χ4v) is 1.48. The Labute approximate surface area is 117 Å². The molecule has 0 heterocycles. The molecule has 0 spiro atoms. The van der Waals surface area contributed by atoms with E-state index in [4.69, 9.17) is 15.3 Å². The highest BCUT2D eigenvalue weighted by Gasteiger charge is 2.22. The summed E-state index contributed by atoms with van der Waals surface area (Å²) in [6.07, 6.45) is -1.53. The fourth-order valence-electron chi connectivity index (χ4n) is 1.35. The van der Waals surface area contributed by atoms with Crippen molar-refractivity contribution in [1.29, 1.82) is 0 Å². The van der Waals surface area contributed by atoms with Crippen LogP contribution in [0.3, 0.4) is 0 Å². The van der Waals surface area contributed by atoms with E-state index in [1.165, 1.54) is 0 Å². The van der Waals surface area contributed by atoms with E-state index in [0.717, 1.165) is 0 Å². The maximum Gasteiger partial charge on any atom is 0.335 e. The van der Waals surface area contributed by atoms with E-state index in [-0.39, 0.29) is 6.42 Å². The standard InChI is InChI=1S/C10H20N2O6S/c1-12(4-2-8(13)14)5-3-11-7(6-9(15)16)10(17)18-19/h7-8,11,13-14,19H,2-6H2,1H3,(H,15,16). The van der Waals surface area contributed by atoms with Crippen LogP contribution in [0.2, 0.25) is 0 Å². The number of carboxylic acid groups (broad SMARTS) is 1. The molecule has 0 aromatic heterocycles. The summed E-state index contributed by atoms with van der Waals surface area (Å²) in [6.45, 7) is 1.35. The van der Waals surface area contributed by atoms with Gasteiger partial charge >= 0.3 is 11.9 Å². The first-order valence-corrected chi connectivity index (χ1v) is 6.08. The van der Waals surface area contributed by atoms with E-state index >= 15 is 0 Å². The van der Waals surface area contributed by atoms with Crippen molar-refractivity contribution >= 4 is 24.8 Å². The molecule has 4 N–H and O–H groups in total. The molecule has 8 nitrogen and oxygen atoms in total. The first-order valence-electron chi connectivity index (χ1n) is 5.72. The van der Waals surface area contributed by atoms with E-state index in [1.54, 1.807) is 7.05 Å². The third kappa shape index (κ3) is 9.68. The molecular weight excluding hydrogens is 276 g/mol. The Kier molecular flexibility index (Phi) is 9.53. The zero-order valence-corrected chi connectivity index (χ0v) is 11.5. The van der Waals surface area contributed by atoms with E-state index in [9.17, 15) is 9.59 Å². The normalized spacial score (nSPS) is 12.7. The Bertz CT molecular complexity index is 289. The molecule has 0 aromatic rings. The summed E-state index contributed by atoms with van der Waals surface area (Å²) in [5, 5.41) is 28.8. The third-order valence-corrected chi connectivity index (χ3v) is 2.59. The first-order chi connectivity index (χ1) is 8.86. The summed E-state index contributed by atoms with van der Waals surface area (Å²) in [6, 6.07) is -0.952. The van der Waals surface area contributed by atoms with Crippen molar-refractivity contribution in [3.05, 3.63) is 0 Å². The molecule has 0 radical (unpaired) electrons. The molecule has 0 aliphatic carbocycles. The summed E-state index contributed by atoms with van der Waals surface area (Å²) in [5.41, 5.74) is 0. The second-order valence-corrected chi connectivity index (χ2v) is 4.27. The SMILES string of the molecule is CN(CCNC(CC(=O)O)C(=O)OS)CCC(O)O. The summed E-state index contributed by atoms with van der Waals surface area (Å²) < 4.78 is 4.20. The van der Waals surface area contributed by atoms with Gasteiger partial charge in [0.15, 0.2) is 6.29 Å². The van der Waals surface area contributed by atoms with Crippen LogP contribution >= 0.6 is 12.9 Å².